The molecular weight excluding hydrogens is 402 g/mol. The number of H-pyrrole nitrogens is 1. The number of anilines is 1. The average Bonchev–Trinajstić information content (AvgIpc) is 2.71. The highest BCUT2D eigenvalue weighted by Crippen LogP contribution is 2.35. The molecule has 2 aromatic carbocycles. The van der Waals surface area contributed by atoms with Crippen molar-refractivity contribution >= 4 is 34.8 Å². The van der Waals surface area contributed by atoms with Gasteiger partial charge in [-0.15, -0.1) is 0 Å². The number of benzene rings is 2. The van der Waals surface area contributed by atoms with Gasteiger partial charge in [0, 0.05) is 17.4 Å². The third-order valence-electron chi connectivity index (χ3n) is 3.97. The number of nitrogens with one attached hydrogen (secondary N) is 2. The Morgan fingerprint density at radius 2 is 1.70 bits per heavy atom. The Hall–Kier alpha value is -3.59. The number of azo groups is 1. The summed E-state index contributed by atoms with van der Waals surface area (Å²) in [5.41, 5.74) is 1.02. The van der Waals surface area contributed by atoms with E-state index >= 15 is 0 Å². The van der Waals surface area contributed by atoms with E-state index in [1.165, 1.54) is 13.0 Å². The zero-order chi connectivity index (χ0) is 21.6. The third kappa shape index (κ3) is 5.06. The first kappa shape index (κ1) is 21.1. The lowest BCUT2D eigenvalue weighted by Crippen LogP contribution is -2.44. The number of amides is 1. The van der Waals surface area contributed by atoms with Crippen LogP contribution in [0.15, 0.2) is 86.9 Å². The number of carbonyl (C=O) groups is 2. The number of nitrogens with zero attached hydrogens (tertiary/aromatic N) is 3. The fourth-order valence-electron chi connectivity index (χ4n) is 2.51. The number of hydrogen-bond donors (Lipinski definition) is 2. The van der Waals surface area contributed by atoms with Gasteiger partial charge in [0.25, 0.3) is 16.3 Å². The molecule has 0 spiro atoms. The highest BCUT2D eigenvalue weighted by molar-refractivity contribution is 8.02. The predicted molar refractivity (Wildman–Crippen MR) is 115 cm³/mol. The molecule has 9 heteroatoms. The number of aromatic amines is 1. The van der Waals surface area contributed by atoms with Gasteiger partial charge in [-0.3, -0.25) is 14.4 Å². The molecule has 30 heavy (non-hydrogen) atoms. The molecule has 0 radical (unpaired) electrons. The summed E-state index contributed by atoms with van der Waals surface area (Å²) in [6.45, 7) is 2.89. The molecule has 0 bridgehead atoms. The Labute approximate surface area is 176 Å². The van der Waals surface area contributed by atoms with Gasteiger partial charge in [-0.05, 0) is 49.9 Å². The van der Waals surface area contributed by atoms with Gasteiger partial charge in [-0.25, -0.2) is 4.98 Å². The number of aromatic nitrogens is 2. The van der Waals surface area contributed by atoms with Crippen LogP contribution in [0, 0.1) is 6.92 Å². The second-order valence-electron chi connectivity index (χ2n) is 6.35. The van der Waals surface area contributed by atoms with Gasteiger partial charge in [0.15, 0.2) is 10.9 Å². The Bertz CT molecular complexity index is 1130. The minimum Gasteiger partial charge on any atom is -0.323 e. The maximum atomic E-state index is 13.2. The van der Waals surface area contributed by atoms with Crippen molar-refractivity contribution in [2.75, 3.05) is 5.32 Å². The Balaban J connectivity index is 2.06. The molecule has 1 heterocycles. The highest BCUT2D eigenvalue weighted by Gasteiger charge is 2.46. The number of aryl methyl sites for hydroxylation is 1. The number of thioether (sulfide) groups is 1. The SMILES string of the molecule is CC(=O)C(N=Nc1ccccc1)(Sc1nc(C)cc(=O)[nH]1)C(=O)Nc1ccccc1. The van der Waals surface area contributed by atoms with Gasteiger partial charge in [0.05, 0.1) is 5.69 Å². The van der Waals surface area contributed by atoms with Crippen LogP contribution in [-0.4, -0.2) is 26.5 Å². The number of Topliss-reactive ketones (excluding diaryl/α,β-unsaturated/α-hetero) is 1. The number of ketones is 1. The fraction of sp³-hybridized carbons (Fsp3) is 0.143. The maximum Gasteiger partial charge on any atom is 0.273 e. The monoisotopic (exact) mass is 421 g/mol. The Morgan fingerprint density at radius 3 is 2.30 bits per heavy atom. The van der Waals surface area contributed by atoms with Crippen molar-refractivity contribution in [3.05, 3.63) is 82.8 Å². The summed E-state index contributed by atoms with van der Waals surface area (Å²) in [5.74, 6) is -1.26. The summed E-state index contributed by atoms with van der Waals surface area (Å²) in [6, 6.07) is 18.7. The molecule has 0 aliphatic rings. The van der Waals surface area contributed by atoms with E-state index in [0.29, 0.717) is 17.1 Å². The average molecular weight is 421 g/mol. The van der Waals surface area contributed by atoms with Crippen molar-refractivity contribution in [1.82, 2.24) is 9.97 Å². The summed E-state index contributed by atoms with van der Waals surface area (Å²) >= 11 is 0.731. The van der Waals surface area contributed by atoms with Crippen LogP contribution in [-0.2, 0) is 9.59 Å². The lowest BCUT2D eigenvalue weighted by Gasteiger charge is -2.23. The van der Waals surface area contributed by atoms with Gasteiger partial charge in [-0.2, -0.15) is 10.2 Å². The quantitative estimate of drug-likeness (QED) is 0.260. The molecule has 3 rings (SSSR count). The molecule has 0 saturated heterocycles. The molecule has 1 unspecified atom stereocenters. The minimum absolute atomic E-state index is 0.0884. The van der Waals surface area contributed by atoms with E-state index in [2.05, 4.69) is 25.5 Å². The molecule has 2 N–H and O–H groups in total. The van der Waals surface area contributed by atoms with E-state index in [4.69, 9.17) is 0 Å². The third-order valence-corrected chi connectivity index (χ3v) is 5.21. The molecule has 1 amide bonds. The summed E-state index contributed by atoms with van der Waals surface area (Å²) in [6.07, 6.45) is 0. The maximum absolute atomic E-state index is 13.2. The van der Waals surface area contributed by atoms with Crippen molar-refractivity contribution in [2.24, 2.45) is 10.2 Å². The normalized spacial score (nSPS) is 13.0. The standard InChI is InChI=1S/C21H19N5O3S/c1-14-13-18(28)24-20(22-14)30-21(15(2)27,26-25-17-11-7-4-8-12-17)19(29)23-16-9-5-3-6-10-16/h3-13H,1-2H3,(H,23,29)(H,22,24,28). The van der Waals surface area contributed by atoms with Gasteiger partial charge in [0.2, 0.25) is 0 Å². The second kappa shape index (κ2) is 9.27. The van der Waals surface area contributed by atoms with Crippen LogP contribution in [0.5, 0.6) is 0 Å². The first-order valence-corrected chi connectivity index (χ1v) is 9.83. The van der Waals surface area contributed by atoms with Crippen molar-refractivity contribution in [2.45, 2.75) is 23.9 Å². The molecule has 3 aromatic rings. The number of hydrogen-bond acceptors (Lipinski definition) is 7. The minimum atomic E-state index is -1.99. The van der Waals surface area contributed by atoms with Crippen LogP contribution in [0.3, 0.4) is 0 Å². The van der Waals surface area contributed by atoms with Crippen LogP contribution in [0.2, 0.25) is 0 Å². The molecule has 0 fully saturated rings. The molecular formula is C21H19N5O3S. The Morgan fingerprint density at radius 1 is 1.07 bits per heavy atom. The van der Waals surface area contributed by atoms with Gasteiger partial charge >= 0.3 is 0 Å². The fourth-order valence-corrected chi connectivity index (χ4v) is 3.50. The van der Waals surface area contributed by atoms with Crippen molar-refractivity contribution in [3.8, 4) is 0 Å². The smallest absolute Gasteiger partial charge is 0.273 e. The zero-order valence-corrected chi connectivity index (χ0v) is 17.1. The van der Waals surface area contributed by atoms with Crippen LogP contribution in [0.25, 0.3) is 0 Å². The van der Waals surface area contributed by atoms with E-state index < -0.39 is 22.1 Å². The molecule has 0 aliphatic carbocycles. The summed E-state index contributed by atoms with van der Waals surface area (Å²) in [7, 11) is 0. The predicted octanol–water partition coefficient (Wildman–Crippen LogP) is 3.88. The van der Waals surface area contributed by atoms with E-state index in [1.54, 1.807) is 61.5 Å². The highest BCUT2D eigenvalue weighted by atomic mass is 32.2. The largest absolute Gasteiger partial charge is 0.323 e. The van der Waals surface area contributed by atoms with Crippen molar-refractivity contribution < 1.29 is 9.59 Å². The summed E-state index contributed by atoms with van der Waals surface area (Å²) in [5, 5.41) is 11.0. The van der Waals surface area contributed by atoms with Gasteiger partial charge in [0.1, 0.15) is 0 Å². The van der Waals surface area contributed by atoms with Crippen LogP contribution < -0.4 is 10.9 Å². The molecule has 1 aromatic heterocycles. The number of rotatable bonds is 7. The summed E-state index contributed by atoms with van der Waals surface area (Å²) in [4.78, 5) is 42.6. The van der Waals surface area contributed by atoms with Crippen LogP contribution >= 0.6 is 11.8 Å². The number of para-hydroxylation sites is 1. The lowest BCUT2D eigenvalue weighted by atomic mass is 10.2. The zero-order valence-electron chi connectivity index (χ0n) is 16.3. The van der Waals surface area contributed by atoms with E-state index in [-0.39, 0.29) is 5.16 Å². The van der Waals surface area contributed by atoms with Crippen LogP contribution in [0.1, 0.15) is 12.6 Å². The first-order chi connectivity index (χ1) is 14.4. The van der Waals surface area contributed by atoms with E-state index in [1.807, 2.05) is 6.07 Å². The molecule has 0 aliphatic heterocycles. The van der Waals surface area contributed by atoms with E-state index in [9.17, 15) is 14.4 Å². The van der Waals surface area contributed by atoms with Gasteiger partial charge < -0.3 is 10.3 Å². The van der Waals surface area contributed by atoms with Gasteiger partial charge in [-0.1, -0.05) is 36.4 Å². The van der Waals surface area contributed by atoms with E-state index in [0.717, 1.165) is 11.8 Å². The molecule has 1 atom stereocenters. The Kier molecular flexibility index (Phi) is 6.53. The second-order valence-corrected chi connectivity index (χ2v) is 7.53. The van der Waals surface area contributed by atoms with Crippen molar-refractivity contribution in [1.29, 1.82) is 0 Å². The molecule has 8 nitrogen and oxygen atoms in total. The number of carbonyl (C=O) groups excluding carboxylic acids is 2. The lowest BCUT2D eigenvalue weighted by molar-refractivity contribution is -0.127. The topological polar surface area (TPSA) is 117 Å². The summed E-state index contributed by atoms with van der Waals surface area (Å²) < 4.78 is 0. The molecule has 152 valence electrons. The van der Waals surface area contributed by atoms with Crippen molar-refractivity contribution in [3.63, 3.8) is 0 Å². The first-order valence-electron chi connectivity index (χ1n) is 9.01. The van der Waals surface area contributed by atoms with Crippen LogP contribution in [0.4, 0.5) is 11.4 Å². The molecule has 0 saturated carbocycles.